The lowest BCUT2D eigenvalue weighted by Crippen LogP contribution is -2.27. The Labute approximate surface area is 115 Å². The van der Waals surface area contributed by atoms with E-state index in [2.05, 4.69) is 24.1 Å². The van der Waals surface area contributed by atoms with Gasteiger partial charge in [-0.3, -0.25) is 4.79 Å². The van der Waals surface area contributed by atoms with Crippen LogP contribution in [0.4, 0.5) is 0 Å². The number of hydrogen-bond acceptors (Lipinski definition) is 4. The summed E-state index contributed by atoms with van der Waals surface area (Å²) in [5.74, 6) is 0.769. The average Bonchev–Trinajstić information content (AvgIpc) is 2.38. The molecule has 0 aromatic carbocycles. The first-order valence-electron chi connectivity index (χ1n) is 6.92. The van der Waals surface area contributed by atoms with Gasteiger partial charge < -0.3 is 10.1 Å². The van der Waals surface area contributed by atoms with Crippen molar-refractivity contribution in [2.24, 2.45) is 0 Å². The molecule has 1 N–H and O–H groups in total. The molecule has 0 saturated heterocycles. The average molecular weight is 264 g/mol. The molecule has 0 aliphatic carbocycles. The summed E-state index contributed by atoms with van der Waals surface area (Å²) in [7, 11) is 0. The number of pyridine rings is 1. The first-order valence-corrected chi connectivity index (χ1v) is 6.92. The molecule has 4 heteroatoms. The molecule has 1 aromatic rings. The van der Waals surface area contributed by atoms with Crippen molar-refractivity contribution in [3.05, 3.63) is 24.0 Å². The summed E-state index contributed by atoms with van der Waals surface area (Å²) in [6.07, 6.45) is 3.16. The summed E-state index contributed by atoms with van der Waals surface area (Å²) in [4.78, 5) is 15.6. The van der Waals surface area contributed by atoms with Gasteiger partial charge in [0.05, 0.1) is 12.3 Å². The van der Waals surface area contributed by atoms with E-state index in [9.17, 15) is 4.79 Å². The Hall–Kier alpha value is -1.42. The molecule has 0 saturated carbocycles. The maximum absolute atomic E-state index is 11.4. The van der Waals surface area contributed by atoms with Gasteiger partial charge in [0.25, 0.3) is 0 Å². The third-order valence-electron chi connectivity index (χ3n) is 2.78. The largest absolute Gasteiger partial charge is 0.489 e. The number of nitrogens with one attached hydrogen (secondary N) is 1. The van der Waals surface area contributed by atoms with E-state index in [-0.39, 0.29) is 11.9 Å². The van der Waals surface area contributed by atoms with Crippen molar-refractivity contribution in [1.29, 1.82) is 0 Å². The minimum atomic E-state index is 0.0562. The molecular formula is C15H24N2O2. The van der Waals surface area contributed by atoms with Gasteiger partial charge >= 0.3 is 0 Å². The fraction of sp³-hybridized carbons (Fsp3) is 0.600. The molecule has 0 aliphatic rings. The normalized spacial score (nSPS) is 12.5. The number of nitrogens with zero attached hydrogens (tertiary/aromatic N) is 1. The molecule has 0 amide bonds. The molecule has 0 bridgehead atoms. The number of ether oxygens (including phenoxy) is 1. The van der Waals surface area contributed by atoms with Gasteiger partial charge in [-0.2, -0.15) is 0 Å². The molecule has 19 heavy (non-hydrogen) atoms. The zero-order chi connectivity index (χ0) is 14.3. The lowest BCUT2D eigenvalue weighted by atomic mass is 10.2. The summed E-state index contributed by atoms with van der Waals surface area (Å²) in [6, 6.07) is 4.02. The minimum absolute atomic E-state index is 0.0562. The Kier molecular flexibility index (Phi) is 6.50. The fourth-order valence-electron chi connectivity index (χ4n) is 1.66. The van der Waals surface area contributed by atoms with Crippen LogP contribution in [-0.4, -0.2) is 29.5 Å². The first kappa shape index (κ1) is 15.6. The summed E-state index contributed by atoms with van der Waals surface area (Å²) in [5, 5.41) is 3.35. The van der Waals surface area contributed by atoms with Crippen molar-refractivity contribution in [2.75, 3.05) is 6.54 Å². The number of carbonyl (C=O) groups is 1. The molecule has 106 valence electrons. The number of aromatic nitrogens is 1. The fourth-order valence-corrected chi connectivity index (χ4v) is 1.66. The third-order valence-corrected chi connectivity index (χ3v) is 2.78. The van der Waals surface area contributed by atoms with Crippen LogP contribution in [0.25, 0.3) is 0 Å². The van der Waals surface area contributed by atoms with Crippen molar-refractivity contribution >= 4 is 5.78 Å². The maximum Gasteiger partial charge on any atom is 0.180 e. The van der Waals surface area contributed by atoms with E-state index >= 15 is 0 Å². The molecule has 1 heterocycles. The van der Waals surface area contributed by atoms with Crippen LogP contribution in [0.3, 0.4) is 0 Å². The maximum atomic E-state index is 11.4. The van der Waals surface area contributed by atoms with E-state index in [1.807, 2.05) is 19.9 Å². The van der Waals surface area contributed by atoms with Crippen molar-refractivity contribution < 1.29 is 9.53 Å². The van der Waals surface area contributed by atoms with Gasteiger partial charge in [0.2, 0.25) is 0 Å². The summed E-state index contributed by atoms with van der Waals surface area (Å²) in [6.45, 7) is 9.04. The molecule has 0 aliphatic heterocycles. The predicted molar refractivity (Wildman–Crippen MR) is 76.7 cm³/mol. The van der Waals surface area contributed by atoms with Crippen LogP contribution in [0.15, 0.2) is 18.3 Å². The van der Waals surface area contributed by atoms with E-state index in [1.165, 1.54) is 0 Å². The number of ketones is 1. The van der Waals surface area contributed by atoms with Crippen LogP contribution in [0.1, 0.15) is 51.0 Å². The lowest BCUT2D eigenvalue weighted by Gasteiger charge is -2.16. The molecule has 4 nitrogen and oxygen atoms in total. The highest BCUT2D eigenvalue weighted by Gasteiger charge is 2.07. The van der Waals surface area contributed by atoms with Gasteiger partial charge in [0.1, 0.15) is 11.4 Å². The van der Waals surface area contributed by atoms with Crippen LogP contribution >= 0.6 is 0 Å². The highest BCUT2D eigenvalue weighted by molar-refractivity contribution is 5.93. The smallest absolute Gasteiger partial charge is 0.180 e. The lowest BCUT2D eigenvalue weighted by molar-refractivity contribution is 0.0983. The standard InChI is InChI=1S/C15H24N2O2/c1-5-15(18)14-7-6-13(10-17-14)19-12(4)8-9-16-11(2)3/h6-7,10-12,16H,5,8-9H2,1-4H3. The number of carbonyl (C=O) groups excluding carboxylic acids is 1. The Morgan fingerprint density at radius 3 is 2.63 bits per heavy atom. The van der Waals surface area contributed by atoms with E-state index in [1.54, 1.807) is 12.3 Å². The second kappa shape index (κ2) is 7.89. The van der Waals surface area contributed by atoms with Gasteiger partial charge in [-0.1, -0.05) is 20.8 Å². The van der Waals surface area contributed by atoms with E-state index in [0.29, 0.717) is 23.9 Å². The molecule has 1 aromatic heterocycles. The van der Waals surface area contributed by atoms with Crippen molar-refractivity contribution in [3.63, 3.8) is 0 Å². The Morgan fingerprint density at radius 2 is 2.11 bits per heavy atom. The minimum Gasteiger partial charge on any atom is -0.489 e. The van der Waals surface area contributed by atoms with Crippen molar-refractivity contribution in [3.8, 4) is 5.75 Å². The van der Waals surface area contributed by atoms with Gasteiger partial charge in [-0.05, 0) is 32.0 Å². The number of rotatable bonds is 8. The van der Waals surface area contributed by atoms with Crippen LogP contribution in [-0.2, 0) is 0 Å². The van der Waals surface area contributed by atoms with E-state index in [0.717, 1.165) is 13.0 Å². The second-order valence-corrected chi connectivity index (χ2v) is 4.98. The second-order valence-electron chi connectivity index (χ2n) is 4.98. The molecule has 1 unspecified atom stereocenters. The van der Waals surface area contributed by atoms with Crippen LogP contribution in [0.2, 0.25) is 0 Å². The van der Waals surface area contributed by atoms with Gasteiger partial charge in [0.15, 0.2) is 5.78 Å². The molecular weight excluding hydrogens is 240 g/mol. The van der Waals surface area contributed by atoms with Crippen molar-refractivity contribution in [2.45, 2.75) is 52.7 Å². The summed E-state index contributed by atoms with van der Waals surface area (Å²) < 4.78 is 5.75. The molecule has 1 atom stereocenters. The molecule has 1 rings (SSSR count). The van der Waals surface area contributed by atoms with Gasteiger partial charge in [-0.15, -0.1) is 0 Å². The quantitative estimate of drug-likeness (QED) is 0.734. The Morgan fingerprint density at radius 1 is 1.37 bits per heavy atom. The molecule has 0 fully saturated rings. The van der Waals surface area contributed by atoms with E-state index in [4.69, 9.17) is 4.74 Å². The molecule has 0 spiro atoms. The molecule has 0 radical (unpaired) electrons. The zero-order valence-electron chi connectivity index (χ0n) is 12.3. The Bertz CT molecular complexity index is 388. The number of hydrogen-bond donors (Lipinski definition) is 1. The van der Waals surface area contributed by atoms with Gasteiger partial charge in [0, 0.05) is 12.5 Å². The topological polar surface area (TPSA) is 51.2 Å². The SMILES string of the molecule is CCC(=O)c1ccc(OC(C)CCNC(C)C)cn1. The zero-order valence-corrected chi connectivity index (χ0v) is 12.3. The van der Waals surface area contributed by atoms with Crippen LogP contribution < -0.4 is 10.1 Å². The van der Waals surface area contributed by atoms with E-state index < -0.39 is 0 Å². The van der Waals surface area contributed by atoms with Crippen LogP contribution in [0.5, 0.6) is 5.75 Å². The Balaban J connectivity index is 2.42. The summed E-state index contributed by atoms with van der Waals surface area (Å²) >= 11 is 0. The van der Waals surface area contributed by atoms with Crippen LogP contribution in [0, 0.1) is 0 Å². The van der Waals surface area contributed by atoms with Crippen molar-refractivity contribution in [1.82, 2.24) is 10.3 Å². The highest BCUT2D eigenvalue weighted by Crippen LogP contribution is 2.13. The summed E-state index contributed by atoms with van der Waals surface area (Å²) in [5.41, 5.74) is 0.504. The number of Topliss-reactive ketones (excluding diaryl/α,β-unsaturated/α-hetero) is 1. The monoisotopic (exact) mass is 264 g/mol. The third kappa shape index (κ3) is 5.83. The van der Waals surface area contributed by atoms with Gasteiger partial charge in [-0.25, -0.2) is 4.98 Å². The highest BCUT2D eigenvalue weighted by atomic mass is 16.5. The predicted octanol–water partition coefficient (Wildman–Crippen LogP) is 2.83. The first-order chi connectivity index (χ1) is 9.02.